The zero-order valence-corrected chi connectivity index (χ0v) is 20.0. The molecule has 1 aromatic heterocycles. The number of halogens is 4. The van der Waals surface area contributed by atoms with Gasteiger partial charge in [-0.2, -0.15) is 0 Å². The number of thioether (sulfide) groups is 1. The lowest BCUT2D eigenvalue weighted by Crippen LogP contribution is -2.29. The summed E-state index contributed by atoms with van der Waals surface area (Å²) < 4.78 is 1.97. The van der Waals surface area contributed by atoms with Crippen molar-refractivity contribution in [3.8, 4) is 0 Å². The predicted octanol–water partition coefficient (Wildman–Crippen LogP) is 6.69. The van der Waals surface area contributed by atoms with Gasteiger partial charge in [-0.15, -0.1) is 10.2 Å². The highest BCUT2D eigenvalue weighted by Crippen LogP contribution is 2.28. The molecule has 0 radical (unpaired) electrons. The van der Waals surface area contributed by atoms with Crippen LogP contribution in [0.5, 0.6) is 0 Å². The number of nitrogens with one attached hydrogen (secondary N) is 1. The lowest BCUT2D eigenvalue weighted by atomic mass is 10.2. The van der Waals surface area contributed by atoms with E-state index in [1.54, 1.807) is 18.2 Å². The summed E-state index contributed by atoms with van der Waals surface area (Å²) in [5.74, 6) is 1.02. The van der Waals surface area contributed by atoms with Crippen LogP contribution in [-0.4, -0.2) is 20.7 Å². The fourth-order valence-electron chi connectivity index (χ4n) is 2.81. The van der Waals surface area contributed by atoms with Crippen LogP contribution >= 0.6 is 58.2 Å². The Balaban J connectivity index is 1.72. The summed E-state index contributed by atoms with van der Waals surface area (Å²) in [7, 11) is 0. The standard InChI is InChI=1S/C20H18Cl4N4OS/c1-3-28-18(11(2)25-19(29)14-6-5-13(21)9-16(14)23)26-27-20(28)30-10-12-4-7-15(22)17(24)8-12/h4-9,11H,3,10H2,1-2H3,(H,25,29)/t11-/m1/s1. The van der Waals surface area contributed by atoms with Crippen LogP contribution in [0.15, 0.2) is 41.6 Å². The minimum Gasteiger partial charge on any atom is -0.342 e. The fraction of sp³-hybridized carbons (Fsp3) is 0.250. The molecule has 1 atom stereocenters. The summed E-state index contributed by atoms with van der Waals surface area (Å²) in [5, 5.41) is 14.1. The molecule has 5 nitrogen and oxygen atoms in total. The Kier molecular flexibility index (Phi) is 7.93. The second kappa shape index (κ2) is 10.2. The molecule has 158 valence electrons. The molecule has 0 fully saturated rings. The molecule has 0 unspecified atom stereocenters. The number of aromatic nitrogens is 3. The van der Waals surface area contributed by atoms with Crippen molar-refractivity contribution in [1.29, 1.82) is 0 Å². The number of carbonyl (C=O) groups is 1. The van der Waals surface area contributed by atoms with Crippen molar-refractivity contribution in [3.63, 3.8) is 0 Å². The van der Waals surface area contributed by atoms with Gasteiger partial charge in [-0.1, -0.05) is 64.2 Å². The van der Waals surface area contributed by atoms with E-state index in [0.29, 0.717) is 43.8 Å². The molecule has 10 heteroatoms. The maximum Gasteiger partial charge on any atom is 0.253 e. The van der Waals surface area contributed by atoms with Gasteiger partial charge in [-0.25, -0.2) is 0 Å². The van der Waals surface area contributed by atoms with Gasteiger partial charge >= 0.3 is 0 Å². The largest absolute Gasteiger partial charge is 0.342 e. The molecule has 0 aliphatic carbocycles. The number of amides is 1. The first-order valence-corrected chi connectivity index (χ1v) is 11.6. The average molecular weight is 504 g/mol. The van der Waals surface area contributed by atoms with E-state index in [1.165, 1.54) is 17.8 Å². The Labute approximate surface area is 199 Å². The maximum absolute atomic E-state index is 12.6. The van der Waals surface area contributed by atoms with Crippen LogP contribution in [0.3, 0.4) is 0 Å². The van der Waals surface area contributed by atoms with Crippen molar-refractivity contribution in [3.05, 3.63) is 73.4 Å². The molecule has 1 N–H and O–H groups in total. The van der Waals surface area contributed by atoms with E-state index in [2.05, 4.69) is 15.5 Å². The predicted molar refractivity (Wildman–Crippen MR) is 124 cm³/mol. The molecule has 0 saturated heterocycles. The van der Waals surface area contributed by atoms with Gasteiger partial charge in [0.2, 0.25) is 0 Å². The third-order valence-electron chi connectivity index (χ3n) is 4.32. The molecule has 0 saturated carbocycles. The molecule has 30 heavy (non-hydrogen) atoms. The molecule has 0 aliphatic rings. The first-order valence-electron chi connectivity index (χ1n) is 9.05. The van der Waals surface area contributed by atoms with Crippen LogP contribution < -0.4 is 5.32 Å². The fourth-order valence-corrected chi connectivity index (χ4v) is 4.58. The summed E-state index contributed by atoms with van der Waals surface area (Å²) in [6.45, 7) is 4.51. The number of hydrogen-bond acceptors (Lipinski definition) is 4. The summed E-state index contributed by atoms with van der Waals surface area (Å²) >= 11 is 25.6. The van der Waals surface area contributed by atoms with E-state index in [-0.39, 0.29) is 11.9 Å². The zero-order chi connectivity index (χ0) is 21.8. The van der Waals surface area contributed by atoms with Gasteiger partial charge < -0.3 is 9.88 Å². The third-order valence-corrected chi connectivity index (χ3v) is 6.65. The number of hydrogen-bond donors (Lipinski definition) is 1. The minimum atomic E-state index is -0.365. The minimum absolute atomic E-state index is 0.294. The van der Waals surface area contributed by atoms with E-state index in [4.69, 9.17) is 46.4 Å². The quantitative estimate of drug-likeness (QED) is 0.364. The summed E-state index contributed by atoms with van der Waals surface area (Å²) in [4.78, 5) is 12.6. The first-order chi connectivity index (χ1) is 14.3. The van der Waals surface area contributed by atoms with Crippen LogP contribution in [0.25, 0.3) is 0 Å². The zero-order valence-electron chi connectivity index (χ0n) is 16.1. The lowest BCUT2D eigenvalue weighted by Gasteiger charge is -2.15. The van der Waals surface area contributed by atoms with Crippen molar-refractivity contribution in [1.82, 2.24) is 20.1 Å². The molecule has 0 bridgehead atoms. The number of rotatable bonds is 7. The smallest absolute Gasteiger partial charge is 0.253 e. The van der Waals surface area contributed by atoms with Gasteiger partial charge in [0.1, 0.15) is 0 Å². The molecule has 2 aromatic carbocycles. The Morgan fingerprint density at radius 2 is 1.83 bits per heavy atom. The first kappa shape index (κ1) is 23.2. The molecule has 0 spiro atoms. The van der Waals surface area contributed by atoms with E-state index in [0.717, 1.165) is 10.7 Å². The Morgan fingerprint density at radius 3 is 2.50 bits per heavy atom. The summed E-state index contributed by atoms with van der Waals surface area (Å²) in [5.41, 5.74) is 1.38. The monoisotopic (exact) mass is 502 g/mol. The van der Waals surface area contributed by atoms with Crippen LogP contribution in [0, 0.1) is 0 Å². The van der Waals surface area contributed by atoms with Gasteiger partial charge in [-0.05, 0) is 49.7 Å². The Hall–Kier alpha value is -1.44. The highest BCUT2D eigenvalue weighted by molar-refractivity contribution is 7.98. The van der Waals surface area contributed by atoms with Crippen molar-refractivity contribution < 1.29 is 4.79 Å². The number of benzene rings is 2. The third kappa shape index (κ3) is 5.42. The Bertz CT molecular complexity index is 1070. The molecule has 3 rings (SSSR count). The van der Waals surface area contributed by atoms with Gasteiger partial charge in [0, 0.05) is 17.3 Å². The second-order valence-electron chi connectivity index (χ2n) is 6.44. The van der Waals surface area contributed by atoms with Crippen LogP contribution in [0.1, 0.15) is 41.6 Å². The summed E-state index contributed by atoms with van der Waals surface area (Å²) in [6.07, 6.45) is 0. The lowest BCUT2D eigenvalue weighted by molar-refractivity contribution is 0.0937. The van der Waals surface area contributed by atoms with Gasteiger partial charge in [-0.3, -0.25) is 4.79 Å². The van der Waals surface area contributed by atoms with Crippen molar-refractivity contribution in [2.75, 3.05) is 0 Å². The van der Waals surface area contributed by atoms with E-state index >= 15 is 0 Å². The molecule has 1 amide bonds. The number of nitrogens with zero attached hydrogens (tertiary/aromatic N) is 3. The molecule has 1 heterocycles. The average Bonchev–Trinajstić information content (AvgIpc) is 3.11. The maximum atomic E-state index is 12.6. The van der Waals surface area contributed by atoms with Gasteiger partial charge in [0.05, 0.1) is 26.7 Å². The van der Waals surface area contributed by atoms with E-state index < -0.39 is 0 Å². The molecule has 0 aliphatic heterocycles. The van der Waals surface area contributed by atoms with Crippen LogP contribution in [0.4, 0.5) is 0 Å². The van der Waals surface area contributed by atoms with E-state index in [1.807, 2.05) is 30.5 Å². The topological polar surface area (TPSA) is 59.8 Å². The summed E-state index contributed by atoms with van der Waals surface area (Å²) in [6, 6.07) is 9.92. The van der Waals surface area contributed by atoms with Gasteiger partial charge in [0.25, 0.3) is 5.91 Å². The SMILES string of the molecule is CCn1c(SCc2ccc(Cl)c(Cl)c2)nnc1[C@@H](C)NC(=O)c1ccc(Cl)cc1Cl. The second-order valence-corrected chi connectivity index (χ2v) is 9.04. The van der Waals surface area contributed by atoms with E-state index in [9.17, 15) is 4.79 Å². The molecular formula is C20H18Cl4N4OS. The molecular weight excluding hydrogens is 486 g/mol. The Morgan fingerprint density at radius 1 is 1.07 bits per heavy atom. The van der Waals surface area contributed by atoms with Gasteiger partial charge in [0.15, 0.2) is 11.0 Å². The molecule has 3 aromatic rings. The number of carbonyl (C=O) groups excluding carboxylic acids is 1. The van der Waals surface area contributed by atoms with Crippen molar-refractivity contribution in [2.24, 2.45) is 0 Å². The van der Waals surface area contributed by atoms with Crippen molar-refractivity contribution in [2.45, 2.75) is 37.3 Å². The van der Waals surface area contributed by atoms with Crippen LogP contribution in [-0.2, 0) is 12.3 Å². The highest BCUT2D eigenvalue weighted by Gasteiger charge is 2.21. The normalized spacial score (nSPS) is 12.1. The van der Waals surface area contributed by atoms with Crippen molar-refractivity contribution >= 4 is 64.1 Å². The highest BCUT2D eigenvalue weighted by atomic mass is 35.5. The van der Waals surface area contributed by atoms with Crippen LogP contribution in [0.2, 0.25) is 20.1 Å².